The van der Waals surface area contributed by atoms with Crippen molar-refractivity contribution in [3.63, 3.8) is 0 Å². The molecule has 1 aliphatic carbocycles. The Hall–Kier alpha value is -1.55. The molecule has 1 aromatic rings. The molecule has 2 N–H and O–H groups in total. The third-order valence-electron chi connectivity index (χ3n) is 3.01. The second-order valence-electron chi connectivity index (χ2n) is 3.82. The van der Waals surface area contributed by atoms with Crippen molar-refractivity contribution in [1.82, 2.24) is 0 Å². The number of ether oxygens (including phenoxy) is 2. The van der Waals surface area contributed by atoms with Gasteiger partial charge in [0.2, 0.25) is 0 Å². The molecule has 0 spiro atoms. The molecular formula is C12H15NO3. The number of carbonyl (C=O) groups excluding carboxylic acids is 1. The van der Waals surface area contributed by atoms with Gasteiger partial charge in [-0.2, -0.15) is 0 Å². The number of nitrogens with two attached hydrogens (primary N) is 1. The molecular weight excluding hydrogens is 206 g/mol. The first-order chi connectivity index (χ1) is 7.72. The van der Waals surface area contributed by atoms with Gasteiger partial charge in [0.05, 0.1) is 14.2 Å². The highest BCUT2D eigenvalue weighted by Crippen LogP contribution is 2.43. The summed E-state index contributed by atoms with van der Waals surface area (Å²) in [5, 5.41) is 0. The summed E-state index contributed by atoms with van der Waals surface area (Å²) in [5.74, 6) is 1.47. The third kappa shape index (κ3) is 1.46. The number of ketones is 1. The molecule has 0 heterocycles. The Morgan fingerprint density at radius 3 is 2.69 bits per heavy atom. The number of hydrogen-bond acceptors (Lipinski definition) is 4. The van der Waals surface area contributed by atoms with Crippen LogP contribution in [-0.4, -0.2) is 26.5 Å². The molecule has 1 aliphatic rings. The molecule has 1 unspecified atom stereocenters. The third-order valence-corrected chi connectivity index (χ3v) is 3.01. The standard InChI is InChI=1S/C12H15NO3/c1-15-10-4-3-8-9(14)5-7(6-13)11(8)12(10)16-2/h3-4,7H,5-6,13H2,1-2H3. The van der Waals surface area contributed by atoms with Crippen molar-refractivity contribution >= 4 is 5.78 Å². The number of hydrogen-bond donors (Lipinski definition) is 1. The van der Waals surface area contributed by atoms with E-state index in [4.69, 9.17) is 15.2 Å². The molecule has 2 rings (SSSR count). The largest absolute Gasteiger partial charge is 0.493 e. The van der Waals surface area contributed by atoms with Crippen LogP contribution in [0.4, 0.5) is 0 Å². The Morgan fingerprint density at radius 1 is 1.38 bits per heavy atom. The normalized spacial score (nSPS) is 18.4. The van der Waals surface area contributed by atoms with Crippen molar-refractivity contribution < 1.29 is 14.3 Å². The van der Waals surface area contributed by atoms with Crippen molar-refractivity contribution in [1.29, 1.82) is 0 Å². The van der Waals surface area contributed by atoms with E-state index < -0.39 is 0 Å². The summed E-state index contributed by atoms with van der Waals surface area (Å²) in [7, 11) is 3.16. The van der Waals surface area contributed by atoms with Crippen molar-refractivity contribution in [2.45, 2.75) is 12.3 Å². The molecule has 0 bridgehead atoms. The van der Waals surface area contributed by atoms with Crippen LogP contribution in [0.15, 0.2) is 12.1 Å². The highest BCUT2D eigenvalue weighted by Gasteiger charge is 2.32. The van der Waals surface area contributed by atoms with Gasteiger partial charge in [0.15, 0.2) is 17.3 Å². The Balaban J connectivity index is 2.62. The smallest absolute Gasteiger partial charge is 0.164 e. The zero-order valence-corrected chi connectivity index (χ0v) is 9.45. The van der Waals surface area contributed by atoms with Gasteiger partial charge in [-0.1, -0.05) is 0 Å². The van der Waals surface area contributed by atoms with Crippen LogP contribution in [0.1, 0.15) is 28.3 Å². The van der Waals surface area contributed by atoms with Crippen LogP contribution >= 0.6 is 0 Å². The van der Waals surface area contributed by atoms with Crippen molar-refractivity contribution in [3.05, 3.63) is 23.3 Å². The summed E-state index contributed by atoms with van der Waals surface area (Å²) in [6.07, 6.45) is 0.468. The highest BCUT2D eigenvalue weighted by molar-refractivity contribution is 6.02. The molecule has 0 radical (unpaired) electrons. The van der Waals surface area contributed by atoms with E-state index in [1.807, 2.05) is 0 Å². The lowest BCUT2D eigenvalue weighted by Crippen LogP contribution is -2.11. The number of methoxy groups -OCH3 is 2. The van der Waals surface area contributed by atoms with Gasteiger partial charge in [-0.3, -0.25) is 4.79 Å². The maximum absolute atomic E-state index is 11.8. The van der Waals surface area contributed by atoms with Gasteiger partial charge in [0.25, 0.3) is 0 Å². The molecule has 0 aromatic heterocycles. The molecule has 1 aromatic carbocycles. The predicted octanol–water partition coefficient (Wildman–Crippen LogP) is 1.33. The van der Waals surface area contributed by atoms with Gasteiger partial charge in [0.1, 0.15) is 0 Å². The molecule has 16 heavy (non-hydrogen) atoms. The average Bonchev–Trinajstić information content (AvgIpc) is 2.65. The van der Waals surface area contributed by atoms with Crippen LogP contribution in [-0.2, 0) is 0 Å². The van der Waals surface area contributed by atoms with Crippen LogP contribution < -0.4 is 15.2 Å². The van der Waals surface area contributed by atoms with Crippen LogP contribution in [0.2, 0.25) is 0 Å². The summed E-state index contributed by atoms with van der Waals surface area (Å²) in [5.41, 5.74) is 7.29. The summed E-state index contributed by atoms with van der Waals surface area (Å²) >= 11 is 0. The van der Waals surface area contributed by atoms with Crippen molar-refractivity contribution in [3.8, 4) is 11.5 Å². The van der Waals surface area contributed by atoms with Crippen molar-refractivity contribution in [2.24, 2.45) is 5.73 Å². The van der Waals surface area contributed by atoms with E-state index in [-0.39, 0.29) is 11.7 Å². The van der Waals surface area contributed by atoms with Crippen LogP contribution in [0, 0.1) is 0 Å². The van der Waals surface area contributed by atoms with E-state index in [0.29, 0.717) is 30.0 Å². The van der Waals surface area contributed by atoms with Gasteiger partial charge in [-0.15, -0.1) is 0 Å². The second-order valence-corrected chi connectivity index (χ2v) is 3.82. The minimum atomic E-state index is 0.0487. The molecule has 86 valence electrons. The monoisotopic (exact) mass is 221 g/mol. The second kappa shape index (κ2) is 4.14. The number of fused-ring (bicyclic) bond motifs is 1. The Labute approximate surface area is 94.3 Å². The molecule has 0 saturated carbocycles. The van der Waals surface area contributed by atoms with E-state index in [1.54, 1.807) is 26.4 Å². The summed E-state index contributed by atoms with van der Waals surface area (Å²) in [4.78, 5) is 11.8. The topological polar surface area (TPSA) is 61.6 Å². The van der Waals surface area contributed by atoms with Gasteiger partial charge in [0, 0.05) is 23.5 Å². The Bertz CT molecular complexity index is 429. The summed E-state index contributed by atoms with van der Waals surface area (Å²) in [6.45, 7) is 0.447. The van der Waals surface area contributed by atoms with E-state index >= 15 is 0 Å². The fourth-order valence-corrected chi connectivity index (χ4v) is 2.24. The van der Waals surface area contributed by atoms with E-state index in [2.05, 4.69) is 0 Å². The van der Waals surface area contributed by atoms with Gasteiger partial charge >= 0.3 is 0 Å². The molecule has 4 heteroatoms. The fourth-order valence-electron chi connectivity index (χ4n) is 2.24. The molecule has 1 atom stereocenters. The maximum atomic E-state index is 11.8. The lowest BCUT2D eigenvalue weighted by Gasteiger charge is -2.15. The first-order valence-electron chi connectivity index (χ1n) is 5.21. The first-order valence-corrected chi connectivity index (χ1v) is 5.21. The molecule has 0 saturated heterocycles. The Kier molecular flexibility index (Phi) is 2.83. The van der Waals surface area contributed by atoms with E-state index in [9.17, 15) is 4.79 Å². The van der Waals surface area contributed by atoms with Crippen LogP contribution in [0.5, 0.6) is 11.5 Å². The highest BCUT2D eigenvalue weighted by atomic mass is 16.5. The summed E-state index contributed by atoms with van der Waals surface area (Å²) in [6, 6.07) is 3.54. The number of rotatable bonds is 3. The quantitative estimate of drug-likeness (QED) is 0.836. The lowest BCUT2D eigenvalue weighted by molar-refractivity contribution is 0.0989. The predicted molar refractivity (Wildman–Crippen MR) is 60.3 cm³/mol. The number of benzene rings is 1. The van der Waals surface area contributed by atoms with Gasteiger partial charge in [-0.05, 0) is 18.7 Å². The van der Waals surface area contributed by atoms with Gasteiger partial charge in [-0.25, -0.2) is 0 Å². The number of Topliss-reactive ketones (excluding diaryl/α,β-unsaturated/α-hetero) is 1. The molecule has 0 fully saturated rings. The summed E-state index contributed by atoms with van der Waals surface area (Å²) < 4.78 is 10.5. The lowest BCUT2D eigenvalue weighted by atomic mass is 10.00. The van der Waals surface area contributed by atoms with Crippen molar-refractivity contribution in [2.75, 3.05) is 20.8 Å². The zero-order chi connectivity index (χ0) is 11.7. The first kappa shape index (κ1) is 11.0. The minimum absolute atomic E-state index is 0.0487. The molecule has 4 nitrogen and oxygen atoms in total. The van der Waals surface area contributed by atoms with E-state index in [0.717, 1.165) is 5.56 Å². The van der Waals surface area contributed by atoms with E-state index in [1.165, 1.54) is 0 Å². The Morgan fingerprint density at radius 2 is 2.12 bits per heavy atom. The minimum Gasteiger partial charge on any atom is -0.493 e. The molecule has 0 aliphatic heterocycles. The maximum Gasteiger partial charge on any atom is 0.164 e. The zero-order valence-electron chi connectivity index (χ0n) is 9.45. The fraction of sp³-hybridized carbons (Fsp3) is 0.417. The molecule has 0 amide bonds. The SMILES string of the molecule is COc1ccc2c(c1OC)C(CN)CC2=O. The average molecular weight is 221 g/mol. The van der Waals surface area contributed by atoms with Crippen LogP contribution in [0.3, 0.4) is 0 Å². The van der Waals surface area contributed by atoms with Gasteiger partial charge < -0.3 is 15.2 Å². The van der Waals surface area contributed by atoms with Crippen LogP contribution in [0.25, 0.3) is 0 Å². The number of carbonyl (C=O) groups is 1.